The third kappa shape index (κ3) is 2.80. The second kappa shape index (κ2) is 5.58. The van der Waals surface area contributed by atoms with Crippen LogP contribution in [0.5, 0.6) is 0 Å². The highest BCUT2D eigenvalue weighted by Crippen LogP contribution is 2.36. The maximum atomic E-state index is 6.09. The molecule has 1 aromatic rings. The zero-order valence-electron chi connectivity index (χ0n) is 14.2. The van der Waals surface area contributed by atoms with Gasteiger partial charge in [-0.2, -0.15) is 0 Å². The van der Waals surface area contributed by atoms with E-state index in [9.17, 15) is 0 Å². The van der Waals surface area contributed by atoms with E-state index in [1.807, 2.05) is 13.1 Å². The van der Waals surface area contributed by atoms with Crippen molar-refractivity contribution in [2.24, 2.45) is 0 Å². The molecule has 0 saturated carbocycles. The van der Waals surface area contributed by atoms with E-state index in [-0.39, 0.29) is 11.2 Å². The van der Waals surface area contributed by atoms with E-state index in [1.54, 1.807) is 0 Å². The summed E-state index contributed by atoms with van der Waals surface area (Å²) >= 11 is 0. The van der Waals surface area contributed by atoms with Crippen LogP contribution in [-0.4, -0.2) is 41.5 Å². The van der Waals surface area contributed by atoms with E-state index in [0.29, 0.717) is 5.92 Å². The smallest absolute Gasteiger partial charge is 0.399 e. The Hall–Kier alpha value is -0.975. The van der Waals surface area contributed by atoms with Gasteiger partial charge in [0.2, 0.25) is 0 Å². The molecule has 0 aromatic carbocycles. The highest BCUT2D eigenvalue weighted by atomic mass is 16.7. The molecule has 3 rings (SSSR count). The standard InChI is InChI=1S/C16H25BN2O3/c1-11-13(17-21-15(2,3)16(4,5)22-17)9-18-14(19-11)12-7-6-8-20-10-12/h9,12H,6-8,10H2,1-5H3. The largest absolute Gasteiger partial charge is 0.498 e. The molecular formula is C16H25BN2O3. The minimum atomic E-state index is -0.401. The predicted molar refractivity (Wildman–Crippen MR) is 85.3 cm³/mol. The number of hydrogen-bond acceptors (Lipinski definition) is 5. The zero-order chi connectivity index (χ0) is 16.0. The van der Waals surface area contributed by atoms with Crippen LogP contribution in [-0.2, 0) is 14.0 Å². The molecule has 1 unspecified atom stereocenters. The SMILES string of the molecule is Cc1nc(C2CCCOC2)ncc1B1OC(C)(C)C(C)(C)O1. The summed E-state index contributed by atoms with van der Waals surface area (Å²) in [6, 6.07) is 0. The van der Waals surface area contributed by atoms with Crippen LogP contribution in [0.3, 0.4) is 0 Å². The highest BCUT2D eigenvalue weighted by molar-refractivity contribution is 6.62. The van der Waals surface area contributed by atoms with Crippen LogP contribution in [0.15, 0.2) is 6.20 Å². The van der Waals surface area contributed by atoms with E-state index in [2.05, 4.69) is 37.7 Å². The molecule has 1 aromatic heterocycles. The summed E-state index contributed by atoms with van der Waals surface area (Å²) in [7, 11) is -0.401. The molecule has 0 radical (unpaired) electrons. The lowest BCUT2D eigenvalue weighted by Crippen LogP contribution is -2.41. The maximum Gasteiger partial charge on any atom is 0.498 e. The Labute approximate surface area is 132 Å². The molecule has 0 N–H and O–H groups in total. The number of nitrogens with zero attached hydrogens (tertiary/aromatic N) is 2. The lowest BCUT2D eigenvalue weighted by atomic mass is 9.79. The van der Waals surface area contributed by atoms with E-state index in [0.717, 1.165) is 43.0 Å². The molecule has 0 amide bonds. The quantitative estimate of drug-likeness (QED) is 0.782. The summed E-state index contributed by atoms with van der Waals surface area (Å²) in [6.07, 6.45) is 4.02. The van der Waals surface area contributed by atoms with Crippen LogP contribution in [0.2, 0.25) is 0 Å². The average Bonchev–Trinajstić information content (AvgIpc) is 2.68. The maximum absolute atomic E-state index is 6.09. The van der Waals surface area contributed by atoms with Crippen LogP contribution >= 0.6 is 0 Å². The summed E-state index contributed by atoms with van der Waals surface area (Å²) < 4.78 is 17.7. The third-order valence-corrected chi connectivity index (χ3v) is 5.07. The fourth-order valence-electron chi connectivity index (χ4n) is 2.84. The van der Waals surface area contributed by atoms with Crippen molar-refractivity contribution in [1.29, 1.82) is 0 Å². The first-order valence-electron chi connectivity index (χ1n) is 8.07. The monoisotopic (exact) mass is 304 g/mol. The molecule has 22 heavy (non-hydrogen) atoms. The van der Waals surface area contributed by atoms with Gasteiger partial charge in [0.25, 0.3) is 0 Å². The Morgan fingerprint density at radius 1 is 1.18 bits per heavy atom. The van der Waals surface area contributed by atoms with Crippen molar-refractivity contribution < 1.29 is 14.0 Å². The number of rotatable bonds is 2. The summed E-state index contributed by atoms with van der Waals surface area (Å²) in [5, 5.41) is 0. The molecule has 120 valence electrons. The van der Waals surface area contributed by atoms with Crippen LogP contribution in [0.4, 0.5) is 0 Å². The molecule has 1 atom stereocenters. The predicted octanol–water partition coefficient (Wildman–Crippen LogP) is 1.98. The van der Waals surface area contributed by atoms with Crippen LogP contribution in [0.25, 0.3) is 0 Å². The van der Waals surface area contributed by atoms with Crippen LogP contribution in [0, 0.1) is 6.92 Å². The number of aryl methyl sites for hydroxylation is 1. The van der Waals surface area contributed by atoms with Gasteiger partial charge in [-0.05, 0) is 47.5 Å². The molecule has 0 aliphatic carbocycles. The van der Waals surface area contributed by atoms with Crippen molar-refractivity contribution in [2.45, 2.75) is 64.6 Å². The van der Waals surface area contributed by atoms with Crippen LogP contribution in [0.1, 0.15) is 58.0 Å². The summed E-state index contributed by atoms with van der Waals surface area (Å²) in [6.45, 7) is 11.8. The molecule has 3 heterocycles. The Morgan fingerprint density at radius 2 is 1.86 bits per heavy atom. The van der Waals surface area contributed by atoms with Crippen molar-refractivity contribution in [3.05, 3.63) is 17.7 Å². The normalized spacial score (nSPS) is 27.1. The molecule has 2 aliphatic heterocycles. The minimum Gasteiger partial charge on any atom is -0.399 e. The molecular weight excluding hydrogens is 279 g/mol. The second-order valence-corrected chi connectivity index (χ2v) is 7.27. The molecule has 2 saturated heterocycles. The van der Waals surface area contributed by atoms with Crippen molar-refractivity contribution in [3.63, 3.8) is 0 Å². The van der Waals surface area contributed by atoms with Gasteiger partial charge in [0, 0.05) is 29.9 Å². The topological polar surface area (TPSA) is 53.5 Å². The van der Waals surface area contributed by atoms with Gasteiger partial charge in [-0.25, -0.2) is 9.97 Å². The number of ether oxygens (including phenoxy) is 1. The summed E-state index contributed by atoms with van der Waals surface area (Å²) in [5.41, 5.74) is 1.15. The highest BCUT2D eigenvalue weighted by Gasteiger charge is 2.52. The van der Waals surface area contributed by atoms with Gasteiger partial charge in [-0.3, -0.25) is 0 Å². The molecule has 2 fully saturated rings. The first-order chi connectivity index (χ1) is 10.3. The molecule has 0 bridgehead atoms. The van der Waals surface area contributed by atoms with Gasteiger partial charge in [-0.1, -0.05) is 0 Å². The van der Waals surface area contributed by atoms with Crippen molar-refractivity contribution in [2.75, 3.05) is 13.2 Å². The van der Waals surface area contributed by atoms with Gasteiger partial charge >= 0.3 is 7.12 Å². The summed E-state index contributed by atoms with van der Waals surface area (Å²) in [5.74, 6) is 1.18. The Morgan fingerprint density at radius 3 is 2.41 bits per heavy atom. The van der Waals surface area contributed by atoms with E-state index >= 15 is 0 Å². The van der Waals surface area contributed by atoms with E-state index < -0.39 is 7.12 Å². The fraction of sp³-hybridized carbons (Fsp3) is 0.750. The van der Waals surface area contributed by atoms with Gasteiger partial charge in [0.1, 0.15) is 5.82 Å². The number of hydrogen-bond donors (Lipinski definition) is 0. The average molecular weight is 304 g/mol. The molecule has 6 heteroatoms. The van der Waals surface area contributed by atoms with Gasteiger partial charge < -0.3 is 14.0 Å². The van der Waals surface area contributed by atoms with Crippen molar-refractivity contribution in [3.8, 4) is 0 Å². The Kier molecular flexibility index (Phi) is 4.04. The third-order valence-electron chi connectivity index (χ3n) is 5.07. The first kappa shape index (κ1) is 15.9. The molecule has 2 aliphatic rings. The minimum absolute atomic E-state index is 0.305. The van der Waals surface area contributed by atoms with Gasteiger partial charge in [0.05, 0.1) is 17.8 Å². The fourth-order valence-corrected chi connectivity index (χ4v) is 2.84. The zero-order valence-corrected chi connectivity index (χ0v) is 14.2. The molecule has 0 spiro atoms. The van der Waals surface area contributed by atoms with E-state index in [1.165, 1.54) is 0 Å². The Balaban J connectivity index is 1.81. The lowest BCUT2D eigenvalue weighted by Gasteiger charge is -2.32. The van der Waals surface area contributed by atoms with Crippen molar-refractivity contribution in [1.82, 2.24) is 9.97 Å². The van der Waals surface area contributed by atoms with Crippen molar-refractivity contribution >= 4 is 12.6 Å². The second-order valence-electron chi connectivity index (χ2n) is 7.27. The Bertz CT molecular complexity index is 540. The van der Waals surface area contributed by atoms with Gasteiger partial charge in [-0.15, -0.1) is 0 Å². The van der Waals surface area contributed by atoms with E-state index in [4.69, 9.17) is 14.0 Å². The lowest BCUT2D eigenvalue weighted by molar-refractivity contribution is 0.00578. The first-order valence-corrected chi connectivity index (χ1v) is 8.07. The molecule has 5 nitrogen and oxygen atoms in total. The number of aromatic nitrogens is 2. The van der Waals surface area contributed by atoms with Gasteiger partial charge in [0.15, 0.2) is 0 Å². The summed E-state index contributed by atoms with van der Waals surface area (Å²) in [4.78, 5) is 9.24. The van der Waals surface area contributed by atoms with Crippen LogP contribution < -0.4 is 5.46 Å².